The molecule has 1 aromatic rings. The highest BCUT2D eigenvalue weighted by Crippen LogP contribution is 2.11. The van der Waals surface area contributed by atoms with E-state index in [0.29, 0.717) is 6.42 Å². The van der Waals surface area contributed by atoms with Crippen molar-refractivity contribution in [3.05, 3.63) is 29.8 Å². The second kappa shape index (κ2) is 6.33. The molecule has 0 aliphatic carbocycles. The molecule has 102 valence electrons. The Balaban J connectivity index is 1.92. The molecule has 1 aliphatic heterocycles. The average molecular weight is 260 g/mol. The fourth-order valence-electron chi connectivity index (χ4n) is 1.83. The van der Waals surface area contributed by atoms with Crippen molar-refractivity contribution in [3.8, 4) is 0 Å². The fourth-order valence-corrected chi connectivity index (χ4v) is 1.83. The number of hydrogen-bond acceptors (Lipinski definition) is 5. The number of hydrogen-bond donors (Lipinski definition) is 2. The first-order valence-electron chi connectivity index (χ1n) is 6.48. The van der Waals surface area contributed by atoms with Gasteiger partial charge in [-0.05, 0) is 38.4 Å². The first-order chi connectivity index (χ1) is 9.15. The normalized spacial score (nSPS) is 14.2. The maximum absolute atomic E-state index is 11.9. The molecule has 5 heteroatoms. The summed E-state index contributed by atoms with van der Waals surface area (Å²) < 4.78 is 0. The third-order valence-corrected chi connectivity index (χ3v) is 2.93. The smallest absolute Gasteiger partial charge is 0.195 e. The summed E-state index contributed by atoms with van der Waals surface area (Å²) in [6.45, 7) is 2.46. The molecule has 0 radical (unpaired) electrons. The van der Waals surface area contributed by atoms with Gasteiger partial charge in [0.05, 0.1) is 6.54 Å². The molecule has 0 aromatic heterocycles. The highest BCUT2D eigenvalue weighted by Gasteiger charge is 2.08. The van der Waals surface area contributed by atoms with Crippen LogP contribution in [0.25, 0.3) is 0 Å². The molecule has 5 nitrogen and oxygen atoms in total. The van der Waals surface area contributed by atoms with E-state index in [-0.39, 0.29) is 5.78 Å². The molecule has 0 bridgehead atoms. The van der Waals surface area contributed by atoms with Crippen molar-refractivity contribution in [2.75, 3.05) is 39.0 Å². The standard InChI is InChI=1S/C14H20N4O/c1-18(2)10-7-13(19)11-3-5-12(6-4-11)17-14-15-8-9-16-14/h3-6H,7-10H2,1-2H3,(H2,15,16,17). The second-order valence-corrected chi connectivity index (χ2v) is 4.84. The van der Waals surface area contributed by atoms with Crippen LogP contribution in [0.15, 0.2) is 29.3 Å². The van der Waals surface area contributed by atoms with Gasteiger partial charge in [-0.2, -0.15) is 0 Å². The minimum absolute atomic E-state index is 0.177. The van der Waals surface area contributed by atoms with Gasteiger partial charge < -0.3 is 15.5 Å². The van der Waals surface area contributed by atoms with Crippen molar-refractivity contribution in [1.82, 2.24) is 10.2 Å². The predicted molar refractivity (Wildman–Crippen MR) is 77.9 cm³/mol. The fraction of sp³-hybridized carbons (Fsp3) is 0.429. The van der Waals surface area contributed by atoms with E-state index in [1.165, 1.54) is 0 Å². The van der Waals surface area contributed by atoms with Crippen LogP contribution in [0.3, 0.4) is 0 Å². The molecule has 0 saturated heterocycles. The minimum Gasteiger partial charge on any atom is -0.354 e. The Kier molecular flexibility index (Phi) is 4.52. The molecule has 1 aromatic carbocycles. The Morgan fingerprint density at radius 3 is 2.68 bits per heavy atom. The Bertz CT molecular complexity index is 465. The maximum atomic E-state index is 11.9. The number of nitrogens with zero attached hydrogens (tertiary/aromatic N) is 2. The van der Waals surface area contributed by atoms with Crippen LogP contribution in [-0.2, 0) is 0 Å². The molecule has 0 spiro atoms. The molecule has 0 saturated carbocycles. The van der Waals surface area contributed by atoms with Gasteiger partial charge in [-0.3, -0.25) is 9.79 Å². The largest absolute Gasteiger partial charge is 0.354 e. The zero-order valence-corrected chi connectivity index (χ0v) is 11.4. The summed E-state index contributed by atoms with van der Waals surface area (Å²) in [6, 6.07) is 7.53. The van der Waals surface area contributed by atoms with Crippen LogP contribution in [0, 0.1) is 0 Å². The van der Waals surface area contributed by atoms with E-state index in [1.807, 2.05) is 43.3 Å². The maximum Gasteiger partial charge on any atom is 0.195 e. The van der Waals surface area contributed by atoms with Crippen LogP contribution in [0.2, 0.25) is 0 Å². The molecule has 0 amide bonds. The van der Waals surface area contributed by atoms with Gasteiger partial charge in [0.1, 0.15) is 0 Å². The number of carbonyl (C=O) groups excluding carboxylic acids is 1. The zero-order chi connectivity index (χ0) is 13.7. The van der Waals surface area contributed by atoms with Crippen molar-refractivity contribution < 1.29 is 4.79 Å². The lowest BCUT2D eigenvalue weighted by atomic mass is 10.1. The summed E-state index contributed by atoms with van der Waals surface area (Å²) in [5.41, 5.74) is 1.70. The van der Waals surface area contributed by atoms with Crippen molar-refractivity contribution in [2.45, 2.75) is 6.42 Å². The summed E-state index contributed by atoms with van der Waals surface area (Å²) in [7, 11) is 3.94. The summed E-state index contributed by atoms with van der Waals surface area (Å²) >= 11 is 0. The van der Waals surface area contributed by atoms with E-state index < -0.39 is 0 Å². The topological polar surface area (TPSA) is 56.7 Å². The van der Waals surface area contributed by atoms with Crippen LogP contribution < -0.4 is 10.6 Å². The van der Waals surface area contributed by atoms with Crippen LogP contribution >= 0.6 is 0 Å². The lowest BCUT2D eigenvalue weighted by Crippen LogP contribution is -2.26. The summed E-state index contributed by atoms with van der Waals surface area (Å²) in [5, 5.41) is 6.32. The number of benzene rings is 1. The highest BCUT2D eigenvalue weighted by atomic mass is 16.1. The summed E-state index contributed by atoms with van der Waals surface area (Å²) in [6.07, 6.45) is 0.550. The third kappa shape index (κ3) is 4.06. The van der Waals surface area contributed by atoms with Gasteiger partial charge in [0.2, 0.25) is 0 Å². The third-order valence-electron chi connectivity index (χ3n) is 2.93. The molecule has 0 unspecified atom stereocenters. The van der Waals surface area contributed by atoms with Gasteiger partial charge in [0.25, 0.3) is 0 Å². The van der Waals surface area contributed by atoms with Crippen molar-refractivity contribution in [3.63, 3.8) is 0 Å². The SMILES string of the molecule is CN(C)CCC(=O)c1ccc(NC2=NCCN2)cc1. The summed E-state index contributed by atoms with van der Waals surface area (Å²) in [5.74, 6) is 0.975. The van der Waals surface area contributed by atoms with Gasteiger partial charge in [0.15, 0.2) is 11.7 Å². The van der Waals surface area contributed by atoms with Crippen LogP contribution in [0.4, 0.5) is 5.69 Å². The highest BCUT2D eigenvalue weighted by molar-refractivity contribution is 5.98. The molecular weight excluding hydrogens is 240 g/mol. The number of carbonyl (C=O) groups is 1. The monoisotopic (exact) mass is 260 g/mol. The lowest BCUT2D eigenvalue weighted by Gasteiger charge is -2.09. The quantitative estimate of drug-likeness (QED) is 0.781. The first-order valence-corrected chi connectivity index (χ1v) is 6.48. The van der Waals surface area contributed by atoms with E-state index in [1.54, 1.807) is 0 Å². The number of Topliss-reactive ketones (excluding diaryl/α,β-unsaturated/α-hetero) is 1. The number of rotatable bonds is 5. The van der Waals surface area contributed by atoms with Gasteiger partial charge >= 0.3 is 0 Å². The Morgan fingerprint density at radius 2 is 2.11 bits per heavy atom. The van der Waals surface area contributed by atoms with E-state index in [2.05, 4.69) is 15.6 Å². The van der Waals surface area contributed by atoms with Crippen LogP contribution in [0.5, 0.6) is 0 Å². The summed E-state index contributed by atoms with van der Waals surface area (Å²) in [4.78, 5) is 18.2. The minimum atomic E-state index is 0.177. The molecule has 0 fully saturated rings. The molecule has 2 N–H and O–H groups in total. The van der Waals surface area contributed by atoms with Gasteiger partial charge in [-0.15, -0.1) is 0 Å². The Hall–Kier alpha value is -1.88. The van der Waals surface area contributed by atoms with Gasteiger partial charge in [-0.1, -0.05) is 0 Å². The van der Waals surface area contributed by atoms with Gasteiger partial charge in [0, 0.05) is 30.8 Å². The van der Waals surface area contributed by atoms with Crippen LogP contribution in [0.1, 0.15) is 16.8 Å². The molecular formula is C14H20N4O. The van der Waals surface area contributed by atoms with Crippen molar-refractivity contribution in [1.29, 1.82) is 0 Å². The van der Waals surface area contributed by atoms with E-state index in [4.69, 9.17) is 0 Å². The van der Waals surface area contributed by atoms with E-state index >= 15 is 0 Å². The zero-order valence-electron chi connectivity index (χ0n) is 11.4. The van der Waals surface area contributed by atoms with Crippen molar-refractivity contribution in [2.24, 2.45) is 4.99 Å². The van der Waals surface area contributed by atoms with Crippen molar-refractivity contribution >= 4 is 17.4 Å². The Labute approximate surface area is 113 Å². The predicted octanol–water partition coefficient (Wildman–Crippen LogP) is 1.19. The number of ketones is 1. The molecule has 19 heavy (non-hydrogen) atoms. The van der Waals surface area contributed by atoms with Gasteiger partial charge in [-0.25, -0.2) is 0 Å². The number of guanidine groups is 1. The molecule has 0 atom stereocenters. The first kappa shape index (κ1) is 13.5. The molecule has 1 heterocycles. The second-order valence-electron chi connectivity index (χ2n) is 4.84. The van der Waals surface area contributed by atoms with Crippen LogP contribution in [-0.4, -0.2) is 50.4 Å². The van der Waals surface area contributed by atoms with E-state index in [9.17, 15) is 4.79 Å². The Morgan fingerprint density at radius 1 is 1.37 bits per heavy atom. The van der Waals surface area contributed by atoms with E-state index in [0.717, 1.165) is 36.8 Å². The average Bonchev–Trinajstić information content (AvgIpc) is 2.89. The number of anilines is 1. The lowest BCUT2D eigenvalue weighted by molar-refractivity contribution is 0.0972. The number of nitrogens with one attached hydrogen (secondary N) is 2. The molecule has 1 aliphatic rings. The number of aliphatic imine (C=N–C) groups is 1. The molecule has 2 rings (SSSR count).